The van der Waals surface area contributed by atoms with Gasteiger partial charge in [0.05, 0.1) is 35.7 Å². The molecule has 1 fully saturated rings. The number of amides is 1. The summed E-state index contributed by atoms with van der Waals surface area (Å²) in [6.07, 6.45) is 2.90. The molecule has 0 radical (unpaired) electrons. The van der Waals surface area contributed by atoms with E-state index in [9.17, 15) is 9.59 Å². The van der Waals surface area contributed by atoms with E-state index in [0.717, 1.165) is 11.1 Å². The van der Waals surface area contributed by atoms with E-state index < -0.39 is 5.97 Å². The largest absolute Gasteiger partial charge is 0.463 e. The Kier molecular flexibility index (Phi) is 5.46. The minimum absolute atomic E-state index is 0.0679. The Balaban J connectivity index is 1.79. The number of aromatic nitrogens is 1. The van der Waals surface area contributed by atoms with E-state index in [1.54, 1.807) is 13.2 Å². The molecule has 0 unspecified atom stereocenters. The van der Waals surface area contributed by atoms with Gasteiger partial charge in [0, 0.05) is 5.56 Å². The van der Waals surface area contributed by atoms with E-state index in [1.165, 1.54) is 28.3 Å². The first-order valence-electron chi connectivity index (χ1n) is 8.31. The second-order valence-corrected chi connectivity index (χ2v) is 6.96. The van der Waals surface area contributed by atoms with Gasteiger partial charge >= 0.3 is 5.97 Å². The lowest BCUT2D eigenvalue weighted by molar-refractivity contribution is -0.137. The average Bonchev–Trinajstić information content (AvgIpc) is 3.17. The number of nitrogens with zero attached hydrogens (tertiary/aromatic N) is 2. The van der Waals surface area contributed by atoms with Crippen LogP contribution in [0.15, 0.2) is 40.0 Å². The molecular formula is C19H20N2O4S. The van der Waals surface area contributed by atoms with Crippen LogP contribution in [0.5, 0.6) is 0 Å². The highest BCUT2D eigenvalue weighted by atomic mass is 32.2. The Bertz CT molecular complexity index is 872. The molecule has 136 valence electrons. The van der Waals surface area contributed by atoms with Gasteiger partial charge in [-0.25, -0.2) is 9.78 Å². The van der Waals surface area contributed by atoms with Crippen LogP contribution >= 0.6 is 11.8 Å². The zero-order chi connectivity index (χ0) is 18.7. The highest BCUT2D eigenvalue weighted by Crippen LogP contribution is 2.31. The normalized spacial score (nSPS) is 15.7. The minimum Gasteiger partial charge on any atom is -0.463 e. The first-order chi connectivity index (χ1) is 12.5. The molecule has 1 aliphatic heterocycles. The number of esters is 1. The quantitative estimate of drug-likeness (QED) is 0.591. The average molecular weight is 372 g/mol. The summed E-state index contributed by atoms with van der Waals surface area (Å²) in [6, 6.07) is 6.05. The number of carbonyl (C=O) groups is 2. The molecule has 1 saturated heterocycles. The van der Waals surface area contributed by atoms with Gasteiger partial charge in [-0.15, -0.1) is 0 Å². The van der Waals surface area contributed by atoms with Gasteiger partial charge in [-0.3, -0.25) is 9.69 Å². The van der Waals surface area contributed by atoms with E-state index in [2.05, 4.69) is 11.1 Å². The van der Waals surface area contributed by atoms with E-state index in [-0.39, 0.29) is 12.5 Å². The molecule has 2 heterocycles. The number of benzene rings is 1. The highest BCUT2D eigenvalue weighted by Gasteiger charge is 2.28. The summed E-state index contributed by atoms with van der Waals surface area (Å²) in [5, 5.41) is 0.574. The Morgan fingerprint density at radius 1 is 1.42 bits per heavy atom. The summed E-state index contributed by atoms with van der Waals surface area (Å²) in [4.78, 5) is 29.9. The number of carbonyl (C=O) groups excluding carboxylic acids is 2. The fraction of sp³-hybridized carbons (Fsp3) is 0.316. The summed E-state index contributed by atoms with van der Waals surface area (Å²) >= 11 is 1.32. The second kappa shape index (κ2) is 7.78. The van der Waals surface area contributed by atoms with Crippen molar-refractivity contribution in [3.63, 3.8) is 0 Å². The van der Waals surface area contributed by atoms with Crippen molar-refractivity contribution < 1.29 is 18.7 Å². The van der Waals surface area contributed by atoms with Crippen molar-refractivity contribution in [2.45, 2.75) is 27.3 Å². The van der Waals surface area contributed by atoms with E-state index in [0.29, 0.717) is 29.0 Å². The van der Waals surface area contributed by atoms with Crippen LogP contribution in [0.3, 0.4) is 0 Å². The summed E-state index contributed by atoms with van der Waals surface area (Å²) in [6.45, 7) is 6.33. The first-order valence-corrected chi connectivity index (χ1v) is 9.30. The molecule has 2 aromatic rings. The van der Waals surface area contributed by atoms with Gasteiger partial charge in [0.2, 0.25) is 11.8 Å². The molecule has 7 heteroatoms. The van der Waals surface area contributed by atoms with Gasteiger partial charge in [-0.05, 0) is 32.4 Å². The van der Waals surface area contributed by atoms with E-state index in [1.807, 2.05) is 26.0 Å². The molecule has 0 spiro atoms. The molecule has 0 atom stereocenters. The van der Waals surface area contributed by atoms with Crippen LogP contribution in [0.4, 0.5) is 0 Å². The van der Waals surface area contributed by atoms with Crippen molar-refractivity contribution in [1.29, 1.82) is 0 Å². The van der Waals surface area contributed by atoms with Crippen molar-refractivity contribution in [1.82, 2.24) is 9.88 Å². The molecule has 0 bridgehead atoms. The van der Waals surface area contributed by atoms with Crippen LogP contribution in [-0.4, -0.2) is 34.1 Å². The number of rotatable bonds is 5. The summed E-state index contributed by atoms with van der Waals surface area (Å²) < 4.78 is 10.5. The number of thioether (sulfide) groups is 1. The fourth-order valence-corrected chi connectivity index (χ4v) is 3.63. The predicted molar refractivity (Wildman–Crippen MR) is 99.1 cm³/mol. The Hall–Kier alpha value is -2.54. The number of oxazole rings is 1. The predicted octanol–water partition coefficient (Wildman–Crippen LogP) is 3.44. The molecule has 26 heavy (non-hydrogen) atoms. The lowest BCUT2D eigenvalue weighted by Gasteiger charge is -2.14. The number of hydrogen-bond donors (Lipinski definition) is 0. The van der Waals surface area contributed by atoms with Crippen molar-refractivity contribution in [3.05, 3.63) is 52.4 Å². The molecule has 0 N–H and O–H groups in total. The molecule has 0 aliphatic carbocycles. The van der Waals surface area contributed by atoms with Crippen LogP contribution in [-0.2, 0) is 20.9 Å². The summed E-state index contributed by atoms with van der Waals surface area (Å²) in [5.74, 6) is 0.299. The van der Waals surface area contributed by atoms with Gasteiger partial charge in [-0.1, -0.05) is 29.5 Å². The third-order valence-electron chi connectivity index (χ3n) is 3.92. The first kappa shape index (κ1) is 18.3. The molecule has 0 saturated carbocycles. The SMILES string of the molecule is CCOC(=O)/C=C1\SCC(=O)N1Cc1coc(-c2ccc(C)cc2C)n1. The summed E-state index contributed by atoms with van der Waals surface area (Å²) in [7, 11) is 0. The van der Waals surface area contributed by atoms with Gasteiger partial charge < -0.3 is 9.15 Å². The van der Waals surface area contributed by atoms with Crippen molar-refractivity contribution in [3.8, 4) is 11.5 Å². The van der Waals surface area contributed by atoms with Crippen LogP contribution in [0.25, 0.3) is 11.5 Å². The highest BCUT2D eigenvalue weighted by molar-refractivity contribution is 8.04. The molecule has 1 aliphatic rings. The van der Waals surface area contributed by atoms with Crippen LogP contribution < -0.4 is 0 Å². The van der Waals surface area contributed by atoms with Crippen LogP contribution in [0.2, 0.25) is 0 Å². The Labute approximate surface area is 156 Å². The maximum atomic E-state index is 12.2. The van der Waals surface area contributed by atoms with E-state index in [4.69, 9.17) is 9.15 Å². The lowest BCUT2D eigenvalue weighted by atomic mass is 10.1. The maximum Gasteiger partial charge on any atom is 0.333 e. The smallest absolute Gasteiger partial charge is 0.333 e. The third-order valence-corrected chi connectivity index (χ3v) is 4.95. The lowest BCUT2D eigenvalue weighted by Crippen LogP contribution is -2.24. The molecule has 1 aromatic carbocycles. The van der Waals surface area contributed by atoms with E-state index >= 15 is 0 Å². The maximum absolute atomic E-state index is 12.2. The van der Waals surface area contributed by atoms with Gasteiger partial charge in [0.1, 0.15) is 6.26 Å². The van der Waals surface area contributed by atoms with Gasteiger partial charge in [-0.2, -0.15) is 0 Å². The minimum atomic E-state index is -0.453. The van der Waals surface area contributed by atoms with Crippen molar-refractivity contribution >= 4 is 23.6 Å². The topological polar surface area (TPSA) is 72.6 Å². The number of ether oxygens (including phenoxy) is 1. The molecule has 1 amide bonds. The van der Waals surface area contributed by atoms with Gasteiger partial charge in [0.25, 0.3) is 0 Å². The van der Waals surface area contributed by atoms with Crippen LogP contribution in [0.1, 0.15) is 23.7 Å². The standard InChI is InChI=1S/C19H20N2O4S/c1-4-24-18(23)8-17-21(16(22)11-26-17)9-14-10-25-19(20-14)15-6-5-12(2)7-13(15)3/h5-8,10H,4,9,11H2,1-3H3/b17-8-. The molecule has 3 rings (SSSR count). The zero-order valence-corrected chi connectivity index (χ0v) is 15.8. The summed E-state index contributed by atoms with van der Waals surface area (Å²) in [5.41, 5.74) is 3.80. The van der Waals surface area contributed by atoms with Crippen molar-refractivity contribution in [2.75, 3.05) is 12.4 Å². The second-order valence-electron chi connectivity index (χ2n) is 5.97. The third kappa shape index (κ3) is 3.99. The van der Waals surface area contributed by atoms with Crippen LogP contribution in [0, 0.1) is 13.8 Å². The fourth-order valence-electron chi connectivity index (χ4n) is 2.70. The Morgan fingerprint density at radius 2 is 2.23 bits per heavy atom. The van der Waals surface area contributed by atoms with Gasteiger partial charge in [0.15, 0.2) is 0 Å². The monoisotopic (exact) mass is 372 g/mol. The zero-order valence-electron chi connectivity index (χ0n) is 14.9. The molecule has 1 aromatic heterocycles. The Morgan fingerprint density at radius 3 is 2.96 bits per heavy atom. The number of aryl methyl sites for hydroxylation is 2. The number of hydrogen-bond acceptors (Lipinski definition) is 6. The molecule has 6 nitrogen and oxygen atoms in total. The van der Waals surface area contributed by atoms with Crippen molar-refractivity contribution in [2.24, 2.45) is 0 Å². The molecular weight excluding hydrogens is 352 g/mol.